The minimum absolute atomic E-state index is 0.835. The molecule has 1 rings (SSSR count). The van der Waals surface area contributed by atoms with Gasteiger partial charge in [-0.25, -0.2) is 0 Å². The molecule has 0 amide bonds. The van der Waals surface area contributed by atoms with Crippen molar-refractivity contribution < 1.29 is 4.43 Å². The molecule has 0 saturated carbocycles. The van der Waals surface area contributed by atoms with E-state index in [9.17, 15) is 0 Å². The number of rotatable bonds is 3. The summed E-state index contributed by atoms with van der Waals surface area (Å²) >= 11 is 0. The average molecular weight is 245 g/mol. The Labute approximate surface area is 98.1 Å². The molecule has 90 valence electrons. The van der Waals surface area contributed by atoms with Crippen molar-refractivity contribution in [3.05, 3.63) is 0 Å². The highest BCUT2D eigenvalue weighted by Crippen LogP contribution is 2.44. The zero-order chi connectivity index (χ0) is 11.6. The van der Waals surface area contributed by atoms with E-state index in [0.717, 1.165) is 23.2 Å². The third-order valence-corrected chi connectivity index (χ3v) is 23.3. The Balaban J connectivity index is 2.99. The van der Waals surface area contributed by atoms with Gasteiger partial charge in [0, 0.05) is 6.61 Å². The lowest BCUT2D eigenvalue weighted by atomic mass is 10.5. The molecule has 1 aliphatic heterocycles. The molecule has 15 heavy (non-hydrogen) atoms. The Morgan fingerprint density at radius 1 is 1.00 bits per heavy atom. The van der Waals surface area contributed by atoms with E-state index < -0.39 is 16.1 Å². The second-order valence-electron chi connectivity index (χ2n) is 6.06. The first-order valence-corrected chi connectivity index (χ1v) is 11.9. The highest BCUT2D eigenvalue weighted by atomic mass is 29.2. The summed E-state index contributed by atoms with van der Waals surface area (Å²) in [5.74, 6) is 0. The predicted octanol–water partition coefficient (Wildman–Crippen LogP) is 3.89. The van der Waals surface area contributed by atoms with Crippen LogP contribution >= 0.6 is 0 Å². The van der Waals surface area contributed by atoms with Crippen LogP contribution < -0.4 is 0 Å². The Kier molecular flexibility index (Phi) is 4.62. The van der Waals surface area contributed by atoms with Gasteiger partial charge in [-0.1, -0.05) is 58.7 Å². The fourth-order valence-electron chi connectivity index (χ4n) is 3.60. The van der Waals surface area contributed by atoms with Gasteiger partial charge in [0.25, 0.3) is 0 Å². The highest BCUT2D eigenvalue weighted by molar-refractivity contribution is 7.32. The highest BCUT2D eigenvalue weighted by Gasteiger charge is 2.51. The van der Waals surface area contributed by atoms with Crippen LogP contribution in [0.5, 0.6) is 0 Å². The van der Waals surface area contributed by atoms with E-state index in [0.29, 0.717) is 0 Å². The largest absolute Gasteiger partial charge is 0.423 e. The lowest BCUT2D eigenvalue weighted by Gasteiger charge is -2.49. The van der Waals surface area contributed by atoms with Crippen LogP contribution in [0.15, 0.2) is 0 Å². The summed E-state index contributed by atoms with van der Waals surface area (Å²) < 4.78 is 6.28. The Morgan fingerprint density at radius 2 is 1.53 bits per heavy atom. The second kappa shape index (κ2) is 5.15. The normalized spacial score (nSPS) is 26.6. The van der Waals surface area contributed by atoms with Crippen molar-refractivity contribution >= 4 is 16.1 Å². The molecule has 0 spiro atoms. The van der Waals surface area contributed by atoms with Gasteiger partial charge in [0.15, 0.2) is 8.56 Å². The molecule has 1 saturated heterocycles. The third-order valence-electron chi connectivity index (χ3n) is 4.34. The van der Waals surface area contributed by atoms with Crippen molar-refractivity contribution in [1.82, 2.24) is 0 Å². The van der Waals surface area contributed by atoms with E-state index in [2.05, 4.69) is 41.5 Å². The first-order chi connectivity index (χ1) is 6.93. The summed E-state index contributed by atoms with van der Waals surface area (Å²) in [5.41, 5.74) is 2.66. The molecule has 0 aromatic carbocycles. The van der Waals surface area contributed by atoms with E-state index in [-0.39, 0.29) is 0 Å². The molecule has 0 aromatic rings. The van der Waals surface area contributed by atoms with Crippen molar-refractivity contribution in [2.24, 2.45) is 0 Å². The minimum atomic E-state index is -1.11. The van der Waals surface area contributed by atoms with Crippen LogP contribution in [0.4, 0.5) is 0 Å². The summed E-state index contributed by atoms with van der Waals surface area (Å²) in [4.78, 5) is 0. The van der Waals surface area contributed by atoms with E-state index in [1.807, 2.05) is 0 Å². The molecule has 1 unspecified atom stereocenters. The Bertz CT molecular complexity index is 194. The molecule has 0 bridgehead atoms. The van der Waals surface area contributed by atoms with Crippen LogP contribution in [0.3, 0.4) is 0 Å². The topological polar surface area (TPSA) is 9.23 Å². The van der Waals surface area contributed by atoms with Crippen molar-refractivity contribution in [3.63, 3.8) is 0 Å². The van der Waals surface area contributed by atoms with Crippen LogP contribution in [-0.2, 0) is 4.43 Å². The number of hydrogen-bond acceptors (Lipinski definition) is 1. The van der Waals surface area contributed by atoms with Gasteiger partial charge in [-0.15, -0.1) is 0 Å². The Hall–Kier alpha value is 0.394. The van der Waals surface area contributed by atoms with Crippen molar-refractivity contribution in [2.45, 2.75) is 70.6 Å². The maximum absolute atomic E-state index is 6.28. The van der Waals surface area contributed by atoms with E-state index in [1.54, 1.807) is 0 Å². The van der Waals surface area contributed by atoms with Crippen LogP contribution in [0.25, 0.3) is 0 Å². The molecule has 0 aromatic heterocycles. The number of hydrogen-bond donors (Lipinski definition) is 0. The molecule has 1 atom stereocenters. The summed E-state index contributed by atoms with van der Waals surface area (Å²) in [7, 11) is -2.04. The van der Waals surface area contributed by atoms with E-state index in [1.165, 1.54) is 12.5 Å². The van der Waals surface area contributed by atoms with Gasteiger partial charge >= 0.3 is 0 Å². The average Bonchev–Trinajstić information content (AvgIpc) is 2.16. The first kappa shape index (κ1) is 13.5. The van der Waals surface area contributed by atoms with Crippen LogP contribution in [0.1, 0.15) is 48.0 Å². The summed E-state index contributed by atoms with van der Waals surface area (Å²) in [6.45, 7) is 15.7. The molecular formula is C12H28OSi2. The van der Waals surface area contributed by atoms with Crippen LogP contribution in [0, 0.1) is 0 Å². The van der Waals surface area contributed by atoms with Crippen molar-refractivity contribution in [3.8, 4) is 0 Å². The second-order valence-corrected chi connectivity index (χ2v) is 18.5. The van der Waals surface area contributed by atoms with Crippen molar-refractivity contribution in [1.29, 1.82) is 0 Å². The summed E-state index contributed by atoms with van der Waals surface area (Å²) in [6, 6.07) is 1.54. The third kappa shape index (κ3) is 2.39. The first-order valence-electron chi connectivity index (χ1n) is 6.54. The molecule has 1 heterocycles. The van der Waals surface area contributed by atoms with E-state index in [4.69, 9.17) is 4.43 Å². The molecule has 0 N–H and O–H groups in total. The molecule has 3 heteroatoms. The van der Waals surface area contributed by atoms with Crippen LogP contribution in [-0.4, -0.2) is 22.8 Å². The quantitative estimate of drug-likeness (QED) is 0.685. The van der Waals surface area contributed by atoms with E-state index >= 15 is 0 Å². The standard InChI is InChI=1S/C12H28OSi2/c1-10(2)14-13-8-7-9-15(14,11(3)4)12(5)6/h10-12,14H,7-9H2,1-6H3. The zero-order valence-corrected chi connectivity index (χ0v) is 13.5. The molecule has 1 nitrogen and oxygen atoms in total. The molecular weight excluding hydrogens is 216 g/mol. The van der Waals surface area contributed by atoms with Gasteiger partial charge in [-0.2, -0.15) is 0 Å². The Morgan fingerprint density at radius 3 is 1.87 bits per heavy atom. The zero-order valence-electron chi connectivity index (χ0n) is 11.3. The molecule has 1 fully saturated rings. The van der Waals surface area contributed by atoms with Gasteiger partial charge in [-0.05, 0) is 12.0 Å². The fourth-order valence-corrected chi connectivity index (χ4v) is 21.2. The molecule has 0 aliphatic carbocycles. The van der Waals surface area contributed by atoms with Crippen molar-refractivity contribution in [2.75, 3.05) is 6.61 Å². The van der Waals surface area contributed by atoms with Gasteiger partial charge < -0.3 is 4.43 Å². The summed E-state index contributed by atoms with van der Waals surface area (Å²) in [6.07, 6.45) is 1.33. The van der Waals surface area contributed by atoms with Gasteiger partial charge in [0.2, 0.25) is 0 Å². The van der Waals surface area contributed by atoms with Crippen LogP contribution in [0.2, 0.25) is 22.7 Å². The lowest BCUT2D eigenvalue weighted by Crippen LogP contribution is -2.61. The lowest BCUT2D eigenvalue weighted by molar-refractivity contribution is 0.310. The fraction of sp³-hybridized carbons (Fsp3) is 1.00. The van der Waals surface area contributed by atoms with Gasteiger partial charge in [-0.3, -0.25) is 0 Å². The predicted molar refractivity (Wildman–Crippen MR) is 73.6 cm³/mol. The van der Waals surface area contributed by atoms with Gasteiger partial charge in [0.1, 0.15) is 0 Å². The maximum Gasteiger partial charge on any atom is 0.168 e. The monoisotopic (exact) mass is 244 g/mol. The summed E-state index contributed by atoms with van der Waals surface area (Å²) in [5, 5.41) is 0. The molecule has 0 radical (unpaired) electrons. The maximum atomic E-state index is 6.28. The molecule has 1 aliphatic rings. The van der Waals surface area contributed by atoms with Gasteiger partial charge in [0.05, 0.1) is 7.59 Å². The SMILES string of the molecule is CC(C)[SiH]1OCCC[Si]1(C(C)C)C(C)C. The smallest absolute Gasteiger partial charge is 0.168 e. The minimum Gasteiger partial charge on any atom is -0.423 e.